The molecular weight excluding hydrogens is 1560 g/mol. The van der Waals surface area contributed by atoms with Crippen LogP contribution in [0.25, 0.3) is 0 Å². The zero-order valence-electron chi connectivity index (χ0n) is 55.0. The van der Waals surface area contributed by atoms with Gasteiger partial charge in [-0.3, -0.25) is 0 Å². The molecule has 614 valence electrons. The van der Waals surface area contributed by atoms with Crippen molar-refractivity contribution in [2.75, 3.05) is 92.5 Å². The second-order valence-corrected chi connectivity index (χ2v) is 17.3. The third kappa shape index (κ3) is 58.2. The van der Waals surface area contributed by atoms with Crippen molar-refractivity contribution >= 4 is 83.6 Å². The Kier molecular flexibility index (Phi) is 57.9. The zero-order chi connectivity index (χ0) is 85.6. The van der Waals surface area contributed by atoms with Gasteiger partial charge in [0.1, 0.15) is 92.5 Å². The molecule has 0 radical (unpaired) electrons. The lowest BCUT2D eigenvalue weighted by Gasteiger charge is -2.17. The molecule has 0 rings (SSSR count). The van der Waals surface area contributed by atoms with E-state index < -0.39 is 212 Å². The first-order chi connectivity index (χ1) is 48.7. The Balaban J connectivity index is -0.000000219. The predicted molar refractivity (Wildman–Crippen MR) is 300 cm³/mol. The van der Waals surface area contributed by atoms with Gasteiger partial charge in [-0.15, -0.1) is 0 Å². The van der Waals surface area contributed by atoms with Crippen molar-refractivity contribution in [3.63, 3.8) is 0 Å². The standard InChI is InChI=1S/C9H9F5O4.C9H10F4O4.C8H8F4O4.C8H9F3O4.C8H10F2O4.C7H7F3O4.C7H8F2O4/c1-5(2)6(15)17-3-4-18-7(16)8(10,11)9(12,13)14;1-5(2)6(14)16-3-4-17-8(15)9(12,13)7(10)11;1-2-5(13)15-3-4-16-7(14)8(11,12)6(9)10;1-5(2)6(12)14-3-4-15-7(13)8(9,10)11;1-5(2)7(11)13-3-4-14-8(12)6(9)10;1-2-5(11)13-3-4-14-6(12)7(8,9)10;1-2-5(10)12-3-4-13-7(11)6(8)9/h1,3-4H2,2H3;7H,1,3-4H2,2H3;2,6H,1,3-4H2;1,3-4H2,2H3;6H,1,3-4H2,2H3;2H,1,3-4H2;2,6H,1,3-4H2. The summed E-state index contributed by atoms with van der Waals surface area (Å²) in [7, 11) is 0. The van der Waals surface area contributed by atoms with Gasteiger partial charge in [-0.05, 0) is 27.7 Å². The maximum Gasteiger partial charge on any atom is 0.490 e. The van der Waals surface area contributed by atoms with Crippen LogP contribution in [0.5, 0.6) is 0 Å². The summed E-state index contributed by atoms with van der Waals surface area (Å²) >= 11 is 0. The van der Waals surface area contributed by atoms with Crippen molar-refractivity contribution in [3.05, 3.63) is 86.6 Å². The van der Waals surface area contributed by atoms with Crippen LogP contribution < -0.4 is 0 Å². The lowest BCUT2D eigenvalue weighted by atomic mass is 10.3. The van der Waals surface area contributed by atoms with Crippen molar-refractivity contribution in [2.45, 2.75) is 89.7 Å². The van der Waals surface area contributed by atoms with Gasteiger partial charge in [-0.1, -0.05) is 46.1 Å². The lowest BCUT2D eigenvalue weighted by Crippen LogP contribution is -2.45. The molecule has 0 aliphatic heterocycles. The van der Waals surface area contributed by atoms with E-state index in [4.69, 9.17) is 0 Å². The highest BCUT2D eigenvalue weighted by Crippen LogP contribution is 2.36. The summed E-state index contributed by atoms with van der Waals surface area (Å²) in [4.78, 5) is 146. The minimum atomic E-state index is -6.03. The first kappa shape index (κ1) is 110. The Hall–Kier alpha value is -10.9. The Bertz CT molecular complexity index is 2960. The second kappa shape index (κ2) is 56.5. The van der Waals surface area contributed by atoms with Gasteiger partial charge in [-0.25, -0.2) is 84.7 Å². The molecule has 0 atom stereocenters. The maximum absolute atomic E-state index is 12.3. The molecule has 0 bridgehead atoms. The van der Waals surface area contributed by atoms with E-state index in [2.05, 4.69) is 112 Å². The molecular formula is C56H61F23O28. The molecule has 0 spiro atoms. The summed E-state index contributed by atoms with van der Waals surface area (Å²) in [6.45, 7) is 20.1. The number of hydrogen-bond acceptors (Lipinski definition) is 28. The number of carbonyl (C=O) groups is 14. The van der Waals surface area contributed by atoms with E-state index in [0.29, 0.717) is 0 Å². The van der Waals surface area contributed by atoms with Crippen molar-refractivity contribution in [1.29, 1.82) is 0 Å². The number of alkyl halides is 23. The highest BCUT2D eigenvalue weighted by atomic mass is 19.4. The predicted octanol–water partition coefficient (Wildman–Crippen LogP) is 8.03. The molecule has 0 aromatic heterocycles. The molecule has 0 aliphatic rings. The largest absolute Gasteiger partial charge is 0.490 e. The van der Waals surface area contributed by atoms with Crippen molar-refractivity contribution in [2.24, 2.45) is 0 Å². The maximum atomic E-state index is 12.3. The van der Waals surface area contributed by atoms with Gasteiger partial charge in [0.25, 0.3) is 0 Å². The Morgan fingerprint density at radius 2 is 0.458 bits per heavy atom. The summed E-state index contributed by atoms with van der Waals surface area (Å²) in [6.07, 6.45) is -28.1. The van der Waals surface area contributed by atoms with Crippen LogP contribution in [-0.2, 0) is 133 Å². The van der Waals surface area contributed by atoms with Crippen molar-refractivity contribution < 1.29 is 234 Å². The van der Waals surface area contributed by atoms with Gasteiger partial charge in [0, 0.05) is 40.5 Å². The molecule has 0 N–H and O–H groups in total. The highest BCUT2D eigenvalue weighted by Gasteiger charge is 2.65. The summed E-state index contributed by atoms with van der Waals surface area (Å²) in [5.41, 5.74) is 0.360. The van der Waals surface area contributed by atoms with E-state index in [9.17, 15) is 168 Å². The molecule has 0 saturated heterocycles. The van der Waals surface area contributed by atoms with Crippen LogP contribution in [0.1, 0.15) is 27.7 Å². The summed E-state index contributed by atoms with van der Waals surface area (Å²) in [6, 6.07) is 0. The minimum absolute atomic E-state index is 0.00180. The molecule has 0 amide bonds. The fraction of sp³-hybridized carbons (Fsp3) is 0.500. The molecule has 0 saturated carbocycles. The van der Waals surface area contributed by atoms with E-state index in [1.165, 1.54) is 27.7 Å². The molecule has 0 aromatic rings. The lowest BCUT2D eigenvalue weighted by molar-refractivity contribution is -0.280. The van der Waals surface area contributed by atoms with Crippen LogP contribution in [0.3, 0.4) is 0 Å². The Morgan fingerprint density at radius 1 is 0.280 bits per heavy atom. The first-order valence-electron chi connectivity index (χ1n) is 27.0. The molecule has 0 aliphatic carbocycles. The van der Waals surface area contributed by atoms with Gasteiger partial charge in [0.2, 0.25) is 0 Å². The van der Waals surface area contributed by atoms with Crippen LogP contribution in [-0.4, -0.2) is 238 Å². The highest BCUT2D eigenvalue weighted by molar-refractivity contribution is 5.89. The molecule has 51 heteroatoms. The van der Waals surface area contributed by atoms with Gasteiger partial charge >= 0.3 is 146 Å². The normalized spacial score (nSPS) is 10.7. The molecule has 0 heterocycles. The first-order valence-corrected chi connectivity index (χ1v) is 27.0. The van der Waals surface area contributed by atoms with Crippen LogP contribution in [0.15, 0.2) is 86.6 Å². The summed E-state index contributed by atoms with van der Waals surface area (Å²) in [5.74, 6) is -36.1. The summed E-state index contributed by atoms with van der Waals surface area (Å²) < 4.78 is 328. The van der Waals surface area contributed by atoms with Gasteiger partial charge in [-0.2, -0.15) is 83.4 Å². The van der Waals surface area contributed by atoms with Gasteiger partial charge < -0.3 is 66.3 Å². The molecule has 0 unspecified atom stereocenters. The van der Waals surface area contributed by atoms with Crippen LogP contribution in [0.4, 0.5) is 101 Å². The van der Waals surface area contributed by atoms with Gasteiger partial charge in [0.05, 0.1) is 0 Å². The Morgan fingerprint density at radius 3 is 0.626 bits per heavy atom. The number of rotatable bonds is 35. The monoisotopic (exact) mass is 1620 g/mol. The van der Waals surface area contributed by atoms with Crippen LogP contribution in [0, 0.1) is 0 Å². The fourth-order valence-electron chi connectivity index (χ4n) is 3.46. The quantitative estimate of drug-likeness (QED) is 0.0190. The number of esters is 14. The number of halogens is 23. The van der Waals surface area contributed by atoms with E-state index in [-0.39, 0.29) is 48.7 Å². The van der Waals surface area contributed by atoms with Crippen molar-refractivity contribution in [3.8, 4) is 0 Å². The fourth-order valence-corrected chi connectivity index (χ4v) is 3.46. The molecule has 0 fully saturated rings. The third-order valence-corrected chi connectivity index (χ3v) is 8.32. The zero-order valence-corrected chi connectivity index (χ0v) is 55.0. The average molecular weight is 1620 g/mol. The number of hydrogen-bond donors (Lipinski definition) is 0. The molecule has 28 nitrogen and oxygen atoms in total. The average Bonchev–Trinajstić information content (AvgIpc) is 0.814. The smallest absolute Gasteiger partial charge is 0.459 e. The number of carbonyl (C=O) groups excluding carboxylic acids is 14. The SMILES string of the molecule is C=C(C)C(=O)OCCOC(=O)C(F)(F)C(F)(F)F.C=C(C)C(=O)OCCOC(=O)C(F)(F)C(F)F.C=C(C)C(=O)OCCOC(=O)C(F)(F)F.C=C(C)C(=O)OCCOC(=O)C(F)F.C=CC(=O)OCCOC(=O)C(F)(F)C(F)F.C=CC(=O)OCCOC(=O)C(F)(F)F.C=CC(=O)OCCOC(=O)C(F)F. The van der Waals surface area contributed by atoms with Crippen LogP contribution in [0.2, 0.25) is 0 Å². The Labute approximate surface area is 586 Å². The van der Waals surface area contributed by atoms with Gasteiger partial charge in [0.15, 0.2) is 0 Å². The second-order valence-electron chi connectivity index (χ2n) is 17.3. The van der Waals surface area contributed by atoms with E-state index >= 15 is 0 Å². The minimum Gasteiger partial charge on any atom is -0.459 e. The van der Waals surface area contributed by atoms with Crippen molar-refractivity contribution in [1.82, 2.24) is 0 Å². The molecule has 107 heavy (non-hydrogen) atoms. The number of ether oxygens (including phenoxy) is 14. The van der Waals surface area contributed by atoms with E-state index in [0.717, 1.165) is 18.2 Å². The topological polar surface area (TPSA) is 368 Å². The third-order valence-electron chi connectivity index (χ3n) is 8.32. The van der Waals surface area contributed by atoms with Crippen LogP contribution >= 0.6 is 0 Å². The van der Waals surface area contributed by atoms with E-state index in [1.807, 2.05) is 0 Å². The summed E-state index contributed by atoms with van der Waals surface area (Å²) in [5, 5.41) is 0. The van der Waals surface area contributed by atoms with E-state index in [1.54, 1.807) is 0 Å². The molecule has 0 aromatic carbocycles.